The van der Waals surface area contributed by atoms with E-state index in [4.69, 9.17) is 4.74 Å². The van der Waals surface area contributed by atoms with Crippen LogP contribution in [-0.4, -0.2) is 42.0 Å². The molecule has 0 aromatic carbocycles. The third-order valence-electron chi connectivity index (χ3n) is 4.24. The monoisotopic (exact) mass is 328 g/mol. The molecule has 0 aromatic rings. The van der Waals surface area contributed by atoms with Crippen LogP contribution in [0.3, 0.4) is 0 Å². The molecule has 5 heteroatoms. The molecule has 1 aliphatic rings. The minimum Gasteiger partial charge on any atom is -0.444 e. The molecule has 23 heavy (non-hydrogen) atoms. The molecule has 0 bridgehead atoms. The number of ether oxygens (including phenoxy) is 1. The zero-order valence-electron chi connectivity index (χ0n) is 15.5. The fourth-order valence-electron chi connectivity index (χ4n) is 3.27. The van der Waals surface area contributed by atoms with Gasteiger partial charge in [-0.15, -0.1) is 0 Å². The Balaban J connectivity index is 2.49. The van der Waals surface area contributed by atoms with Crippen molar-refractivity contribution in [1.29, 1.82) is 0 Å². The molecule has 136 valence electrons. The molecular weight excluding hydrogens is 292 g/mol. The Hall–Kier alpha value is -0.810. The summed E-state index contributed by atoms with van der Waals surface area (Å²) in [5, 5.41) is 16.1. The van der Waals surface area contributed by atoms with Gasteiger partial charge in [0.05, 0.1) is 6.61 Å². The van der Waals surface area contributed by atoms with Crippen LogP contribution in [0, 0.1) is 11.8 Å². The quantitative estimate of drug-likeness (QED) is 0.672. The number of aliphatic hydroxyl groups excluding tert-OH is 1. The third kappa shape index (κ3) is 8.56. The Kier molecular flexibility index (Phi) is 8.34. The van der Waals surface area contributed by atoms with Crippen molar-refractivity contribution in [1.82, 2.24) is 10.6 Å². The number of hydrogen-bond donors (Lipinski definition) is 3. The van der Waals surface area contributed by atoms with Gasteiger partial charge in [0.15, 0.2) is 0 Å². The normalized spacial score (nSPS) is 23.6. The lowest BCUT2D eigenvalue weighted by Gasteiger charge is -2.35. The van der Waals surface area contributed by atoms with Crippen LogP contribution < -0.4 is 10.6 Å². The molecule has 0 saturated heterocycles. The largest absolute Gasteiger partial charge is 0.444 e. The van der Waals surface area contributed by atoms with Crippen molar-refractivity contribution in [2.24, 2.45) is 11.8 Å². The van der Waals surface area contributed by atoms with E-state index in [2.05, 4.69) is 24.5 Å². The van der Waals surface area contributed by atoms with Gasteiger partial charge < -0.3 is 20.5 Å². The average molecular weight is 328 g/mol. The maximum atomic E-state index is 11.8. The Labute approximate surface area is 141 Å². The number of rotatable bonds is 7. The first kappa shape index (κ1) is 20.2. The highest BCUT2D eigenvalue weighted by molar-refractivity contribution is 5.67. The molecule has 3 unspecified atom stereocenters. The highest BCUT2D eigenvalue weighted by Crippen LogP contribution is 2.25. The summed E-state index contributed by atoms with van der Waals surface area (Å²) in [5.41, 5.74) is -0.465. The van der Waals surface area contributed by atoms with Gasteiger partial charge in [0, 0.05) is 18.6 Å². The number of amides is 1. The fraction of sp³-hybridized carbons (Fsp3) is 0.944. The minimum absolute atomic E-state index is 0.141. The number of carbonyl (C=O) groups is 1. The molecule has 0 heterocycles. The molecular formula is C18H36N2O3. The molecule has 5 nitrogen and oxygen atoms in total. The van der Waals surface area contributed by atoms with E-state index in [9.17, 15) is 9.90 Å². The number of nitrogens with one attached hydrogen (secondary N) is 2. The van der Waals surface area contributed by atoms with Crippen molar-refractivity contribution in [3.05, 3.63) is 0 Å². The number of hydrogen-bond acceptors (Lipinski definition) is 4. The Morgan fingerprint density at radius 1 is 1.26 bits per heavy atom. The third-order valence-corrected chi connectivity index (χ3v) is 4.24. The standard InChI is InChI=1S/C18H36N2O3/c1-13(2)10-15(12-21)20-16-9-7-6-8-14(16)11-19-17(22)23-18(3,4)5/h13-16,20-21H,6-12H2,1-5H3,(H,19,22). The summed E-state index contributed by atoms with van der Waals surface area (Å²) < 4.78 is 5.31. The molecule has 0 spiro atoms. The Bertz CT molecular complexity index is 353. The maximum Gasteiger partial charge on any atom is 0.407 e. The lowest BCUT2D eigenvalue weighted by Crippen LogP contribution is -2.49. The zero-order valence-corrected chi connectivity index (χ0v) is 15.5. The van der Waals surface area contributed by atoms with Crippen molar-refractivity contribution in [2.45, 2.75) is 84.4 Å². The molecule has 1 fully saturated rings. The van der Waals surface area contributed by atoms with Gasteiger partial charge in [0.1, 0.15) is 5.60 Å². The fourth-order valence-corrected chi connectivity index (χ4v) is 3.27. The minimum atomic E-state index is -0.465. The van der Waals surface area contributed by atoms with Gasteiger partial charge in [0.25, 0.3) is 0 Å². The second-order valence-electron chi connectivity index (χ2n) is 8.21. The Morgan fingerprint density at radius 3 is 2.48 bits per heavy atom. The molecule has 1 rings (SSSR count). The van der Waals surface area contributed by atoms with Crippen LogP contribution in [0.4, 0.5) is 4.79 Å². The van der Waals surface area contributed by atoms with Crippen molar-refractivity contribution >= 4 is 6.09 Å². The predicted octanol–water partition coefficient (Wildman–Crippen LogP) is 3.07. The van der Waals surface area contributed by atoms with Crippen LogP contribution in [0.2, 0.25) is 0 Å². The molecule has 0 aliphatic heterocycles. The van der Waals surface area contributed by atoms with E-state index >= 15 is 0 Å². The summed E-state index contributed by atoms with van der Waals surface area (Å²) in [6.45, 7) is 10.8. The lowest BCUT2D eigenvalue weighted by molar-refractivity contribution is 0.0508. The molecule has 3 N–H and O–H groups in total. The number of aliphatic hydroxyl groups is 1. The van der Waals surface area contributed by atoms with E-state index < -0.39 is 5.60 Å². The van der Waals surface area contributed by atoms with E-state index in [0.29, 0.717) is 24.4 Å². The predicted molar refractivity (Wildman–Crippen MR) is 93.4 cm³/mol. The summed E-state index contributed by atoms with van der Waals surface area (Å²) in [6.07, 6.45) is 5.25. The van der Waals surface area contributed by atoms with E-state index in [-0.39, 0.29) is 18.7 Å². The molecule has 1 aliphatic carbocycles. The summed E-state index contributed by atoms with van der Waals surface area (Å²) >= 11 is 0. The summed E-state index contributed by atoms with van der Waals surface area (Å²) in [7, 11) is 0. The van der Waals surface area contributed by atoms with Crippen LogP contribution in [0.15, 0.2) is 0 Å². The van der Waals surface area contributed by atoms with E-state index in [1.54, 1.807) is 0 Å². The van der Waals surface area contributed by atoms with E-state index in [0.717, 1.165) is 19.3 Å². The van der Waals surface area contributed by atoms with E-state index in [1.165, 1.54) is 12.8 Å². The van der Waals surface area contributed by atoms with Crippen molar-refractivity contribution < 1.29 is 14.6 Å². The van der Waals surface area contributed by atoms with Gasteiger partial charge in [-0.2, -0.15) is 0 Å². The molecule has 0 radical (unpaired) electrons. The molecule has 1 saturated carbocycles. The van der Waals surface area contributed by atoms with Crippen LogP contribution in [0.1, 0.15) is 66.7 Å². The number of carbonyl (C=O) groups excluding carboxylic acids is 1. The smallest absolute Gasteiger partial charge is 0.407 e. The van der Waals surface area contributed by atoms with Crippen molar-refractivity contribution in [3.8, 4) is 0 Å². The summed E-state index contributed by atoms with van der Waals surface area (Å²) in [6, 6.07) is 0.497. The van der Waals surface area contributed by atoms with Gasteiger partial charge in [-0.25, -0.2) is 4.79 Å². The molecule has 1 amide bonds. The van der Waals surface area contributed by atoms with Gasteiger partial charge in [-0.1, -0.05) is 26.7 Å². The maximum absolute atomic E-state index is 11.8. The van der Waals surface area contributed by atoms with Crippen molar-refractivity contribution in [2.75, 3.05) is 13.2 Å². The van der Waals surface area contributed by atoms with Crippen LogP contribution >= 0.6 is 0 Å². The summed E-state index contributed by atoms with van der Waals surface area (Å²) in [5.74, 6) is 0.957. The van der Waals surface area contributed by atoms with Gasteiger partial charge in [0.2, 0.25) is 0 Å². The SMILES string of the molecule is CC(C)CC(CO)NC1CCCCC1CNC(=O)OC(C)(C)C. The van der Waals surface area contributed by atoms with Crippen LogP contribution in [-0.2, 0) is 4.74 Å². The number of alkyl carbamates (subject to hydrolysis) is 1. The van der Waals surface area contributed by atoms with Gasteiger partial charge >= 0.3 is 6.09 Å². The second-order valence-corrected chi connectivity index (χ2v) is 8.21. The first-order valence-electron chi connectivity index (χ1n) is 9.05. The van der Waals surface area contributed by atoms with Crippen LogP contribution in [0.25, 0.3) is 0 Å². The summed E-state index contributed by atoms with van der Waals surface area (Å²) in [4.78, 5) is 11.8. The highest BCUT2D eigenvalue weighted by atomic mass is 16.6. The molecule has 0 aromatic heterocycles. The average Bonchev–Trinajstić information content (AvgIpc) is 2.43. The lowest BCUT2D eigenvalue weighted by atomic mass is 9.83. The highest BCUT2D eigenvalue weighted by Gasteiger charge is 2.28. The first-order valence-corrected chi connectivity index (χ1v) is 9.05. The van der Waals surface area contributed by atoms with Crippen molar-refractivity contribution in [3.63, 3.8) is 0 Å². The Morgan fingerprint density at radius 2 is 1.91 bits per heavy atom. The van der Waals surface area contributed by atoms with E-state index in [1.807, 2.05) is 20.8 Å². The topological polar surface area (TPSA) is 70.6 Å². The zero-order chi connectivity index (χ0) is 17.5. The first-order chi connectivity index (χ1) is 10.7. The second kappa shape index (κ2) is 9.48. The molecule has 3 atom stereocenters. The van der Waals surface area contributed by atoms with Gasteiger partial charge in [-0.05, 0) is 51.9 Å². The van der Waals surface area contributed by atoms with Crippen LogP contribution in [0.5, 0.6) is 0 Å². The van der Waals surface area contributed by atoms with Gasteiger partial charge in [-0.3, -0.25) is 0 Å².